The van der Waals surface area contributed by atoms with Gasteiger partial charge in [0.2, 0.25) is 70.5 Å². The van der Waals surface area contributed by atoms with E-state index in [4.69, 9.17) is 11.5 Å². The van der Waals surface area contributed by atoms with Crippen molar-refractivity contribution < 1.29 is 89.3 Å². The number of fused-ring (bicyclic) bond motifs is 3. The van der Waals surface area contributed by atoms with E-state index in [0.29, 0.717) is 47.8 Å². The van der Waals surface area contributed by atoms with E-state index in [1.54, 1.807) is 86.0 Å². The Bertz CT molecular complexity index is 4170. The highest BCUT2D eigenvalue weighted by atomic mass is 79.9. The average molecular weight is 1590 g/mol. The quantitative estimate of drug-likeness (QED) is 0.0181. The van der Waals surface area contributed by atoms with E-state index >= 15 is 0 Å². The number of amides is 11. The van der Waals surface area contributed by atoms with Gasteiger partial charge in [0.25, 0.3) is 5.01 Å². The van der Waals surface area contributed by atoms with Crippen LogP contribution in [-0.4, -0.2) is 167 Å². The predicted molar refractivity (Wildman–Crippen MR) is 411 cm³/mol. The number of nitrogens with one attached hydrogen (secondary N) is 11. The van der Waals surface area contributed by atoms with Crippen LogP contribution in [0.25, 0.3) is 32.8 Å². The summed E-state index contributed by atoms with van der Waals surface area (Å²) >= 11 is 1.78. The van der Waals surface area contributed by atoms with Crippen molar-refractivity contribution in [3.63, 3.8) is 0 Å². The van der Waals surface area contributed by atoms with Crippen molar-refractivity contribution in [1.82, 2.24) is 58.2 Å². The lowest BCUT2D eigenvalue weighted by molar-refractivity contribution is -0.642. The maximum absolute atomic E-state index is 14.5. The van der Waals surface area contributed by atoms with Crippen LogP contribution in [0.5, 0.6) is 0 Å². The first-order valence-electron chi connectivity index (χ1n) is 36.8. The minimum Gasteiger partial charge on any atom is -1.00 e. The lowest BCUT2D eigenvalue weighted by atomic mass is 9.99. The van der Waals surface area contributed by atoms with Gasteiger partial charge in [-0.25, -0.2) is 4.79 Å². The second-order valence-corrected chi connectivity index (χ2v) is 28.4. The molecule has 31 heteroatoms. The molecule has 17 N–H and O–H groups in total. The molecule has 0 radical (unpaired) electrons. The molecule has 1 aliphatic heterocycles. The van der Waals surface area contributed by atoms with Crippen molar-refractivity contribution in [2.75, 3.05) is 37.7 Å². The number of carbonyl (C=O) groups is 12. The summed E-state index contributed by atoms with van der Waals surface area (Å²) in [6.45, 7) is 4.96. The Morgan fingerprint density at radius 2 is 1.15 bits per heavy atom. The molecule has 0 aliphatic carbocycles. The van der Waals surface area contributed by atoms with Gasteiger partial charge in [0.05, 0.1) is 19.7 Å². The first-order valence-corrected chi connectivity index (χ1v) is 37.7. The number of aromatic nitrogens is 2. The van der Waals surface area contributed by atoms with Gasteiger partial charge in [-0.1, -0.05) is 143 Å². The highest BCUT2D eigenvalue weighted by Crippen LogP contribution is 2.35. The molecule has 4 aromatic carbocycles. The summed E-state index contributed by atoms with van der Waals surface area (Å²) in [7, 11) is 2.11. The zero-order valence-corrected chi connectivity index (χ0v) is 64.7. The van der Waals surface area contributed by atoms with Crippen molar-refractivity contribution in [2.24, 2.45) is 24.4 Å². The van der Waals surface area contributed by atoms with E-state index < -0.39 is 139 Å². The molecule has 0 saturated carbocycles. The minimum atomic E-state index is -1.66. The second kappa shape index (κ2) is 44.8. The number of aliphatic hydroxyl groups excluding tert-OH is 1. The Labute approximate surface area is 648 Å². The SMILES string of the molecule is CC(C)[C@H](NC(=O)[C@H](CCC(N)=O)NC(=O)[C@H](C)NC(=O)CNC(=O)CCCCCCCCCCN1C=C/C(=C\c2sc3ccccc3[n+]2C)c2ccccc21)C(=O)N[C@@H](Cc1c[nH]c2ccccc12)C(=O)NCC(=O)N[C@@H](Cc1ccccc1)C(=O)N[C@@H](CO)C(=O)N[C@@H](C)C(=O)N[C@@H](CCCCN)C(=O)O.[Br-]. The van der Waals surface area contributed by atoms with Crippen LogP contribution in [-0.2, 0) is 77.4 Å². The summed E-state index contributed by atoms with van der Waals surface area (Å²) in [6.07, 6.45) is 16.4. The average Bonchev–Trinajstić information content (AvgIpc) is 1.60. The number of carbonyl (C=O) groups excluding carboxylic acids is 11. The van der Waals surface area contributed by atoms with E-state index in [0.717, 1.165) is 51.5 Å². The Morgan fingerprint density at radius 1 is 0.560 bits per heavy atom. The molecule has 109 heavy (non-hydrogen) atoms. The molecule has 0 unspecified atom stereocenters. The molecule has 588 valence electrons. The number of hydrogen-bond acceptors (Lipinski definition) is 16. The molecule has 0 saturated heterocycles. The number of rotatable bonds is 45. The number of allylic oxidation sites excluding steroid dienone is 2. The summed E-state index contributed by atoms with van der Waals surface area (Å²) in [5, 5.41) is 46.9. The summed E-state index contributed by atoms with van der Waals surface area (Å²) in [4.78, 5) is 166. The van der Waals surface area contributed by atoms with Crippen molar-refractivity contribution >= 4 is 121 Å². The summed E-state index contributed by atoms with van der Waals surface area (Å²) in [5.74, 6) is -11.0. The number of halogens is 1. The highest BCUT2D eigenvalue weighted by Gasteiger charge is 2.35. The van der Waals surface area contributed by atoms with Crippen LogP contribution < -0.4 is 91.1 Å². The van der Waals surface area contributed by atoms with Gasteiger partial charge in [-0.15, -0.1) is 0 Å². The summed E-state index contributed by atoms with van der Waals surface area (Å²) in [6, 6.07) is 21.3. The number of aryl methyl sites for hydroxylation is 1. The molecule has 8 atom stereocenters. The number of thiazole rings is 1. The molecular formula is C78H104BrN15O14S. The van der Waals surface area contributed by atoms with Gasteiger partial charge < -0.3 is 102 Å². The number of aromatic amines is 1. The number of primary amides is 1. The maximum atomic E-state index is 14.5. The molecule has 6 aromatic rings. The van der Waals surface area contributed by atoms with Crippen molar-refractivity contribution in [2.45, 2.75) is 179 Å². The molecule has 0 bridgehead atoms. The molecule has 7 rings (SSSR count). The molecule has 3 heterocycles. The van der Waals surface area contributed by atoms with E-state index in [1.807, 2.05) is 0 Å². The minimum absolute atomic E-state index is 0. The number of hydrogen-bond donors (Lipinski definition) is 15. The van der Waals surface area contributed by atoms with E-state index in [-0.39, 0.29) is 61.4 Å². The van der Waals surface area contributed by atoms with Gasteiger partial charge >= 0.3 is 5.97 Å². The highest BCUT2D eigenvalue weighted by molar-refractivity contribution is 7.18. The Balaban J connectivity index is 0.0000186. The van der Waals surface area contributed by atoms with Crippen LogP contribution in [0.3, 0.4) is 0 Å². The monoisotopic (exact) mass is 1590 g/mol. The molecule has 1 aliphatic rings. The van der Waals surface area contributed by atoms with Crippen LogP contribution in [0.1, 0.15) is 139 Å². The molecule has 11 amide bonds. The fourth-order valence-electron chi connectivity index (χ4n) is 12.4. The molecule has 2 aromatic heterocycles. The zero-order valence-electron chi connectivity index (χ0n) is 62.3. The third kappa shape index (κ3) is 27.7. The first-order chi connectivity index (χ1) is 51.8. The lowest BCUT2D eigenvalue weighted by Gasteiger charge is -2.28. The normalized spacial score (nSPS) is 14.2. The lowest BCUT2D eigenvalue weighted by Crippen LogP contribution is -3.00. The number of carboxylic acid groups (broad SMARTS) is 1. The number of aliphatic carboxylic acids is 1. The fourth-order valence-corrected chi connectivity index (χ4v) is 13.5. The van der Waals surface area contributed by atoms with Gasteiger partial charge in [-0.2, -0.15) is 4.57 Å². The number of unbranched alkanes of at least 4 members (excludes halogenated alkanes) is 8. The summed E-state index contributed by atoms with van der Waals surface area (Å²) < 4.78 is 3.49. The zero-order chi connectivity index (χ0) is 78.2. The van der Waals surface area contributed by atoms with Gasteiger partial charge in [0.15, 0.2) is 0 Å². The predicted octanol–water partition coefficient (Wildman–Crippen LogP) is 0.360. The number of benzene rings is 4. The third-order valence-electron chi connectivity index (χ3n) is 18.6. The van der Waals surface area contributed by atoms with Crippen LogP contribution in [0, 0.1) is 5.92 Å². The number of nitrogens with two attached hydrogens (primary N) is 2. The van der Waals surface area contributed by atoms with Gasteiger partial charge in [0.1, 0.15) is 60.1 Å². The second-order valence-electron chi connectivity index (χ2n) is 27.3. The summed E-state index contributed by atoms with van der Waals surface area (Å²) in [5.41, 5.74) is 17.6. The Morgan fingerprint density at radius 3 is 1.83 bits per heavy atom. The number of H-pyrrole nitrogens is 1. The van der Waals surface area contributed by atoms with Crippen LogP contribution >= 0.6 is 11.3 Å². The van der Waals surface area contributed by atoms with E-state index in [1.165, 1.54) is 45.9 Å². The third-order valence-corrected chi connectivity index (χ3v) is 19.7. The van der Waals surface area contributed by atoms with E-state index in [9.17, 15) is 67.7 Å². The van der Waals surface area contributed by atoms with Crippen LogP contribution in [0.4, 0.5) is 5.69 Å². The number of nitrogens with zero attached hydrogens (tertiary/aromatic N) is 2. The Hall–Kier alpha value is -10.4. The number of aliphatic hydroxyl groups is 1. The first kappa shape index (κ1) is 87.5. The topological polar surface area (TPSA) is 441 Å². The van der Waals surface area contributed by atoms with Crippen molar-refractivity contribution in [1.29, 1.82) is 0 Å². The van der Waals surface area contributed by atoms with Crippen LogP contribution in [0.15, 0.2) is 122 Å². The Kier molecular flexibility index (Phi) is 36.0. The van der Waals surface area contributed by atoms with Gasteiger partial charge in [-0.3, -0.25) is 52.7 Å². The fraction of sp³-hybridized carbons (Fsp3) is 0.449. The number of para-hydroxylation sites is 3. The number of carboxylic acids is 1. The maximum Gasteiger partial charge on any atom is 0.326 e. The van der Waals surface area contributed by atoms with Gasteiger partial charge in [0, 0.05) is 78.9 Å². The molecular weight excluding hydrogens is 1480 g/mol. The van der Waals surface area contributed by atoms with E-state index in [2.05, 4.69) is 142 Å². The standard InChI is InChI=1S/C78H103N15O14S.BrH/c1-48(2)70(77(105)89-60(42-53-44-81-56-29-18-16-27-54(53)56)73(101)83-46-68(98)86-59(41-51-25-13-12-14-26-51)75(103)90-61(47-94)76(104)85-50(4)72(100)88-58(78(106)107)30-22-23-38-79)91-74(102)57(35-36-65(80)95)87-71(99)49(3)84-67(97)45-82-66(96)34-15-10-8-6-7-9-11-24-39-93-40-37-52(55-28-17-19-31-62(55)93)43-69-92(5)63-32-20-21-33-64(63)108-69;/h12-14,16-21,25-29,31-33,37,40,43-44,48-50,57-61,70,81,94H,6-11,15,22-24,30,34-36,38-39,41-42,45-47,79H2,1-5H3,(H12-,80,82,83,84,85,86,87,88,89,90,91,95,96,97,98,99,100,101,102,103,104,105,106,107);1H/t49-,50-,57-,58-,59-,60-,61-,70-;/m0./s1. The van der Waals surface area contributed by atoms with Crippen molar-refractivity contribution in [3.8, 4) is 0 Å². The molecule has 29 nitrogen and oxygen atoms in total. The van der Waals surface area contributed by atoms with Gasteiger partial charge in [-0.05, 0) is 106 Å². The molecule has 0 fully saturated rings. The van der Waals surface area contributed by atoms with Crippen LogP contribution in [0.2, 0.25) is 0 Å². The smallest absolute Gasteiger partial charge is 0.326 e. The number of anilines is 1. The molecule has 0 spiro atoms. The van der Waals surface area contributed by atoms with Crippen molar-refractivity contribution in [3.05, 3.63) is 143 Å². The largest absolute Gasteiger partial charge is 1.00 e.